The molecule has 0 spiro atoms. The Morgan fingerprint density at radius 3 is 2.52 bits per heavy atom. The Kier molecular flexibility index (Phi) is 6.05. The van der Waals surface area contributed by atoms with Gasteiger partial charge in [-0.05, 0) is 0 Å². The highest BCUT2D eigenvalue weighted by Gasteiger charge is 2.08. The number of carbonyl (C=O) groups excluding carboxylic acids is 1. The lowest BCUT2D eigenvalue weighted by molar-refractivity contribution is 0.0690. The van der Waals surface area contributed by atoms with Gasteiger partial charge in [-0.2, -0.15) is 0 Å². The van der Waals surface area contributed by atoms with Gasteiger partial charge in [-0.25, -0.2) is 27.4 Å². The maximum absolute atomic E-state index is 11.3. The molecule has 118 valence electrons. The zero-order valence-corrected chi connectivity index (χ0v) is 12.1. The molecule has 0 aliphatic rings. The molecule has 0 bridgehead atoms. The molecule has 12 heteroatoms. The van der Waals surface area contributed by atoms with Crippen LogP contribution in [0.15, 0.2) is 6.20 Å². The van der Waals surface area contributed by atoms with E-state index in [4.69, 9.17) is 5.11 Å². The Morgan fingerprint density at radius 1 is 1.29 bits per heavy atom. The van der Waals surface area contributed by atoms with Crippen molar-refractivity contribution in [3.05, 3.63) is 11.9 Å². The van der Waals surface area contributed by atoms with E-state index >= 15 is 0 Å². The second kappa shape index (κ2) is 7.54. The zero-order valence-electron chi connectivity index (χ0n) is 11.2. The highest BCUT2D eigenvalue weighted by Crippen LogP contribution is 1.91. The first-order valence-electron chi connectivity index (χ1n) is 5.87. The second-order valence-corrected chi connectivity index (χ2v) is 5.85. The van der Waals surface area contributed by atoms with Gasteiger partial charge in [0.15, 0.2) is 5.69 Å². The lowest BCUT2D eigenvalue weighted by Crippen LogP contribution is -2.41. The Labute approximate surface area is 120 Å². The van der Waals surface area contributed by atoms with Crippen LogP contribution in [0, 0.1) is 0 Å². The number of nitrogens with zero attached hydrogens (tertiary/aromatic N) is 3. The van der Waals surface area contributed by atoms with Crippen molar-refractivity contribution >= 4 is 22.0 Å². The summed E-state index contributed by atoms with van der Waals surface area (Å²) in [6.07, 6.45) is 2.27. The minimum Gasteiger partial charge on any atom is -0.476 e. The average Bonchev–Trinajstić information content (AvgIpc) is 2.82. The van der Waals surface area contributed by atoms with Crippen LogP contribution in [0.1, 0.15) is 10.5 Å². The number of amides is 2. The smallest absolute Gasteiger partial charge is 0.358 e. The van der Waals surface area contributed by atoms with E-state index in [1.54, 1.807) is 0 Å². The molecule has 21 heavy (non-hydrogen) atoms. The molecule has 1 aromatic rings. The van der Waals surface area contributed by atoms with Crippen LogP contribution in [-0.2, 0) is 16.6 Å². The molecule has 0 saturated heterocycles. The number of rotatable bonds is 8. The Bertz CT molecular complexity index is 598. The maximum atomic E-state index is 11.3. The van der Waals surface area contributed by atoms with Gasteiger partial charge in [-0.15, -0.1) is 5.10 Å². The van der Waals surface area contributed by atoms with E-state index in [1.165, 1.54) is 10.9 Å². The highest BCUT2D eigenvalue weighted by atomic mass is 32.2. The average molecular weight is 320 g/mol. The number of carboxylic acid groups (broad SMARTS) is 1. The molecule has 0 atom stereocenters. The lowest BCUT2D eigenvalue weighted by atomic mass is 10.5. The van der Waals surface area contributed by atoms with Gasteiger partial charge in [0.25, 0.3) is 0 Å². The maximum Gasteiger partial charge on any atom is 0.358 e. The van der Waals surface area contributed by atoms with Gasteiger partial charge in [0, 0.05) is 19.6 Å². The molecule has 1 rings (SSSR count). The number of hydrogen-bond donors (Lipinski definition) is 4. The fraction of sp³-hybridized carbons (Fsp3) is 0.556. The van der Waals surface area contributed by atoms with Crippen LogP contribution in [0.3, 0.4) is 0 Å². The zero-order chi connectivity index (χ0) is 15.9. The van der Waals surface area contributed by atoms with Crippen LogP contribution >= 0.6 is 0 Å². The third-order valence-electron chi connectivity index (χ3n) is 2.16. The van der Waals surface area contributed by atoms with Gasteiger partial charge >= 0.3 is 12.0 Å². The molecular formula is C9H16N6O5S. The summed E-state index contributed by atoms with van der Waals surface area (Å²) < 4.78 is 25.0. The van der Waals surface area contributed by atoms with Crippen LogP contribution < -0.4 is 15.4 Å². The number of aromatic carboxylic acids is 1. The molecule has 0 aromatic carbocycles. The van der Waals surface area contributed by atoms with E-state index in [0.29, 0.717) is 0 Å². The van der Waals surface area contributed by atoms with E-state index in [9.17, 15) is 18.0 Å². The molecule has 0 fully saturated rings. The van der Waals surface area contributed by atoms with Crippen molar-refractivity contribution in [2.24, 2.45) is 0 Å². The summed E-state index contributed by atoms with van der Waals surface area (Å²) >= 11 is 0. The standard InChI is InChI=1S/C9H16N6O5S/c1-21(19,20)12-3-2-10-9(18)11-4-5-15-6-7(8(16)17)13-14-15/h6,12H,2-5H2,1H3,(H,16,17)(H2,10,11,18). The van der Waals surface area contributed by atoms with Crippen LogP contribution in [0.2, 0.25) is 0 Å². The number of sulfonamides is 1. The molecule has 1 aromatic heterocycles. The molecule has 0 aliphatic heterocycles. The summed E-state index contributed by atoms with van der Waals surface area (Å²) in [6.45, 7) is 0.714. The molecule has 1 heterocycles. The minimum atomic E-state index is -3.27. The number of hydrogen-bond acceptors (Lipinski definition) is 6. The summed E-state index contributed by atoms with van der Waals surface area (Å²) in [6, 6.07) is -0.469. The van der Waals surface area contributed by atoms with Gasteiger partial charge in [0.05, 0.1) is 19.0 Å². The minimum absolute atomic E-state index is 0.0945. The van der Waals surface area contributed by atoms with Gasteiger partial charge < -0.3 is 15.7 Å². The SMILES string of the molecule is CS(=O)(=O)NCCNC(=O)NCCn1cc(C(=O)O)nn1. The van der Waals surface area contributed by atoms with Crippen LogP contribution in [-0.4, -0.2) is 66.4 Å². The lowest BCUT2D eigenvalue weighted by Gasteiger charge is -2.07. The van der Waals surface area contributed by atoms with E-state index in [-0.39, 0.29) is 31.9 Å². The van der Waals surface area contributed by atoms with Crippen LogP contribution in [0.4, 0.5) is 4.79 Å². The van der Waals surface area contributed by atoms with Crippen LogP contribution in [0.5, 0.6) is 0 Å². The molecule has 11 nitrogen and oxygen atoms in total. The normalized spacial score (nSPS) is 11.1. The number of nitrogens with one attached hydrogen (secondary N) is 3. The van der Waals surface area contributed by atoms with Crippen molar-refractivity contribution in [1.82, 2.24) is 30.3 Å². The Balaban J connectivity index is 2.17. The Morgan fingerprint density at radius 2 is 1.95 bits per heavy atom. The summed E-state index contributed by atoms with van der Waals surface area (Å²) in [4.78, 5) is 21.9. The van der Waals surface area contributed by atoms with Crippen molar-refractivity contribution in [1.29, 1.82) is 0 Å². The fourth-order valence-electron chi connectivity index (χ4n) is 1.26. The van der Waals surface area contributed by atoms with E-state index in [2.05, 4.69) is 25.7 Å². The van der Waals surface area contributed by atoms with Gasteiger partial charge in [0.1, 0.15) is 0 Å². The third-order valence-corrected chi connectivity index (χ3v) is 2.89. The van der Waals surface area contributed by atoms with Gasteiger partial charge in [-0.1, -0.05) is 5.21 Å². The molecule has 0 aliphatic carbocycles. The third kappa shape index (κ3) is 7.22. The Hall–Kier alpha value is -2.21. The number of urea groups is 1. The summed E-state index contributed by atoms with van der Waals surface area (Å²) in [7, 11) is -3.27. The highest BCUT2D eigenvalue weighted by molar-refractivity contribution is 7.88. The van der Waals surface area contributed by atoms with E-state index in [1.807, 2.05) is 0 Å². The first-order valence-corrected chi connectivity index (χ1v) is 7.77. The first-order chi connectivity index (χ1) is 9.78. The van der Waals surface area contributed by atoms with E-state index in [0.717, 1.165) is 6.26 Å². The first kappa shape index (κ1) is 16.8. The monoisotopic (exact) mass is 320 g/mol. The summed E-state index contributed by atoms with van der Waals surface area (Å²) in [5.41, 5.74) is -0.175. The quantitative estimate of drug-likeness (QED) is 0.397. The second-order valence-electron chi connectivity index (χ2n) is 4.02. The van der Waals surface area contributed by atoms with Crippen molar-refractivity contribution in [2.45, 2.75) is 6.54 Å². The number of aromatic nitrogens is 3. The topological polar surface area (TPSA) is 155 Å². The summed E-state index contributed by atoms with van der Waals surface area (Å²) in [5, 5.41) is 20.6. The molecule has 4 N–H and O–H groups in total. The predicted molar refractivity (Wildman–Crippen MR) is 71.2 cm³/mol. The van der Waals surface area contributed by atoms with E-state index < -0.39 is 22.0 Å². The molecule has 0 saturated carbocycles. The van der Waals surface area contributed by atoms with Gasteiger partial charge in [-0.3, -0.25) is 0 Å². The van der Waals surface area contributed by atoms with Crippen molar-refractivity contribution in [2.75, 3.05) is 25.9 Å². The van der Waals surface area contributed by atoms with Crippen LogP contribution in [0.25, 0.3) is 0 Å². The van der Waals surface area contributed by atoms with Gasteiger partial charge in [0.2, 0.25) is 10.0 Å². The largest absolute Gasteiger partial charge is 0.476 e. The van der Waals surface area contributed by atoms with Crippen molar-refractivity contribution in [3.8, 4) is 0 Å². The number of carbonyl (C=O) groups is 2. The molecular weight excluding hydrogens is 304 g/mol. The fourth-order valence-corrected chi connectivity index (χ4v) is 1.74. The summed E-state index contributed by atoms with van der Waals surface area (Å²) in [5.74, 6) is -1.18. The number of carboxylic acids is 1. The van der Waals surface area contributed by atoms with Crippen molar-refractivity contribution in [3.63, 3.8) is 0 Å². The molecule has 0 unspecified atom stereocenters. The predicted octanol–water partition coefficient (Wildman–Crippen LogP) is -2.18. The molecule has 0 radical (unpaired) electrons. The van der Waals surface area contributed by atoms with Crippen molar-refractivity contribution < 1.29 is 23.1 Å². The molecule has 2 amide bonds.